The highest BCUT2D eigenvalue weighted by Crippen LogP contribution is 2.31. The van der Waals surface area contributed by atoms with Crippen LogP contribution in [0.15, 0.2) is 34.9 Å². The molecule has 82 valence electrons. The molecule has 0 N–H and O–H groups in total. The summed E-state index contributed by atoms with van der Waals surface area (Å²) >= 11 is 5.06. The van der Waals surface area contributed by atoms with Gasteiger partial charge in [0.1, 0.15) is 10.8 Å². The minimum atomic E-state index is 0.169. The number of halogens is 1. The van der Waals surface area contributed by atoms with Crippen molar-refractivity contribution in [3.05, 3.63) is 39.8 Å². The van der Waals surface area contributed by atoms with E-state index < -0.39 is 0 Å². The Morgan fingerprint density at radius 2 is 2.19 bits per heavy atom. The van der Waals surface area contributed by atoms with E-state index in [1.165, 1.54) is 0 Å². The number of aromatic nitrogens is 1. The molecule has 0 bridgehead atoms. The molecule has 4 heteroatoms. The minimum absolute atomic E-state index is 0.169. The topological polar surface area (TPSA) is 30.0 Å². The Labute approximate surface area is 106 Å². The molecule has 0 saturated carbocycles. The second-order valence-electron chi connectivity index (χ2n) is 3.49. The van der Waals surface area contributed by atoms with Crippen LogP contribution in [0.5, 0.6) is 0 Å². The molecular formula is C12H10BrNOS. The summed E-state index contributed by atoms with van der Waals surface area (Å²) in [4.78, 5) is 16.3. The monoisotopic (exact) mass is 295 g/mol. The number of benzene rings is 1. The highest BCUT2D eigenvalue weighted by Gasteiger charge is 2.08. The van der Waals surface area contributed by atoms with E-state index in [0.29, 0.717) is 6.42 Å². The lowest BCUT2D eigenvalue weighted by molar-refractivity contribution is -0.116. The third-order valence-electron chi connectivity index (χ3n) is 2.08. The molecule has 1 heterocycles. The van der Waals surface area contributed by atoms with Crippen LogP contribution in [-0.4, -0.2) is 10.8 Å². The van der Waals surface area contributed by atoms with Gasteiger partial charge in [0.15, 0.2) is 0 Å². The first-order chi connectivity index (χ1) is 7.66. The van der Waals surface area contributed by atoms with Crippen LogP contribution in [-0.2, 0) is 11.2 Å². The largest absolute Gasteiger partial charge is 0.300 e. The zero-order chi connectivity index (χ0) is 11.5. The Kier molecular flexibility index (Phi) is 3.51. The Morgan fingerprint density at radius 1 is 1.44 bits per heavy atom. The fourth-order valence-corrected chi connectivity index (χ4v) is 3.02. The second-order valence-corrected chi connectivity index (χ2v) is 5.46. The molecule has 0 atom stereocenters. The molecule has 16 heavy (non-hydrogen) atoms. The van der Waals surface area contributed by atoms with Crippen LogP contribution in [0.4, 0.5) is 0 Å². The Balaban J connectivity index is 2.32. The lowest BCUT2D eigenvalue weighted by Gasteiger charge is -1.98. The van der Waals surface area contributed by atoms with Gasteiger partial charge in [0.05, 0.1) is 0 Å². The van der Waals surface area contributed by atoms with Gasteiger partial charge in [-0.15, -0.1) is 11.3 Å². The van der Waals surface area contributed by atoms with Gasteiger partial charge in [-0.05, 0) is 13.0 Å². The summed E-state index contributed by atoms with van der Waals surface area (Å²) in [6, 6.07) is 7.95. The van der Waals surface area contributed by atoms with Crippen LogP contribution in [0, 0.1) is 0 Å². The number of ketones is 1. The molecule has 0 radical (unpaired) electrons. The van der Waals surface area contributed by atoms with Gasteiger partial charge in [0.2, 0.25) is 0 Å². The number of nitrogens with zero attached hydrogens (tertiary/aromatic N) is 1. The molecule has 0 unspecified atom stereocenters. The number of Topliss-reactive ketones (excluding diaryl/α,β-unsaturated/α-hetero) is 1. The highest BCUT2D eigenvalue weighted by atomic mass is 79.9. The van der Waals surface area contributed by atoms with Crippen LogP contribution in [0.1, 0.15) is 11.8 Å². The third-order valence-corrected chi connectivity index (χ3v) is 3.80. The molecule has 0 spiro atoms. The fraction of sp³-hybridized carbons (Fsp3) is 0.167. The first-order valence-corrected chi connectivity index (χ1v) is 6.47. The van der Waals surface area contributed by atoms with Crippen LogP contribution >= 0.6 is 27.3 Å². The predicted octanol–water partition coefficient (Wildman–Crippen LogP) is 3.70. The molecule has 1 aromatic carbocycles. The van der Waals surface area contributed by atoms with E-state index in [4.69, 9.17) is 0 Å². The first-order valence-electron chi connectivity index (χ1n) is 4.86. The summed E-state index contributed by atoms with van der Waals surface area (Å²) in [6.07, 6.45) is 2.25. The van der Waals surface area contributed by atoms with Crippen molar-refractivity contribution in [2.45, 2.75) is 13.3 Å². The third kappa shape index (κ3) is 2.57. The quantitative estimate of drug-likeness (QED) is 0.864. The maximum atomic E-state index is 11.0. The number of hydrogen-bond donors (Lipinski definition) is 0. The zero-order valence-electron chi connectivity index (χ0n) is 8.74. The molecule has 0 aliphatic rings. The van der Waals surface area contributed by atoms with Gasteiger partial charge in [0.25, 0.3) is 0 Å². The fourth-order valence-electron chi connectivity index (χ4n) is 1.39. The van der Waals surface area contributed by atoms with Crippen molar-refractivity contribution in [1.29, 1.82) is 0 Å². The molecule has 0 aliphatic heterocycles. The summed E-state index contributed by atoms with van der Waals surface area (Å²) in [7, 11) is 0. The zero-order valence-corrected chi connectivity index (χ0v) is 11.1. The SMILES string of the molecule is CC(=O)Cc1cnc(-c2ccccc2Br)s1. The number of rotatable bonds is 3. The van der Waals surface area contributed by atoms with E-state index in [0.717, 1.165) is 19.9 Å². The van der Waals surface area contributed by atoms with Crippen LogP contribution < -0.4 is 0 Å². The summed E-state index contributed by atoms with van der Waals surface area (Å²) in [5, 5.41) is 0.948. The van der Waals surface area contributed by atoms with Gasteiger partial charge in [0, 0.05) is 27.5 Å². The van der Waals surface area contributed by atoms with Gasteiger partial charge in [-0.3, -0.25) is 4.79 Å². The maximum Gasteiger partial charge on any atom is 0.135 e. The van der Waals surface area contributed by atoms with E-state index in [1.807, 2.05) is 24.3 Å². The minimum Gasteiger partial charge on any atom is -0.300 e. The molecule has 0 saturated heterocycles. The normalized spacial score (nSPS) is 10.4. The van der Waals surface area contributed by atoms with E-state index in [2.05, 4.69) is 20.9 Å². The number of carbonyl (C=O) groups is 1. The van der Waals surface area contributed by atoms with Crippen LogP contribution in [0.25, 0.3) is 10.6 Å². The van der Waals surface area contributed by atoms with E-state index in [-0.39, 0.29) is 5.78 Å². The smallest absolute Gasteiger partial charge is 0.135 e. The molecular weight excluding hydrogens is 286 g/mol. The maximum absolute atomic E-state index is 11.0. The Bertz CT molecular complexity index is 521. The van der Waals surface area contributed by atoms with E-state index >= 15 is 0 Å². The van der Waals surface area contributed by atoms with Crippen molar-refractivity contribution in [2.75, 3.05) is 0 Å². The summed E-state index contributed by atoms with van der Waals surface area (Å²) in [5.41, 5.74) is 1.07. The van der Waals surface area contributed by atoms with Crippen molar-refractivity contribution in [3.8, 4) is 10.6 Å². The predicted molar refractivity (Wildman–Crippen MR) is 69.6 cm³/mol. The van der Waals surface area contributed by atoms with Crippen molar-refractivity contribution < 1.29 is 4.79 Å². The van der Waals surface area contributed by atoms with E-state index in [9.17, 15) is 4.79 Å². The summed E-state index contributed by atoms with van der Waals surface area (Å²) in [6.45, 7) is 1.60. The Morgan fingerprint density at radius 3 is 2.88 bits per heavy atom. The lowest BCUT2D eigenvalue weighted by atomic mass is 10.2. The van der Waals surface area contributed by atoms with Crippen LogP contribution in [0.3, 0.4) is 0 Å². The average Bonchev–Trinajstić information content (AvgIpc) is 2.66. The molecule has 2 nitrogen and oxygen atoms in total. The molecule has 2 rings (SSSR count). The molecule has 0 aliphatic carbocycles. The van der Waals surface area contributed by atoms with Gasteiger partial charge in [-0.2, -0.15) is 0 Å². The Hall–Kier alpha value is -1.000. The highest BCUT2D eigenvalue weighted by molar-refractivity contribution is 9.10. The molecule has 2 aromatic rings. The van der Waals surface area contributed by atoms with Crippen LogP contribution in [0.2, 0.25) is 0 Å². The van der Waals surface area contributed by atoms with E-state index in [1.54, 1.807) is 24.5 Å². The van der Waals surface area contributed by atoms with Crippen molar-refractivity contribution >= 4 is 33.0 Å². The molecule has 0 fully saturated rings. The van der Waals surface area contributed by atoms with Crippen molar-refractivity contribution in [3.63, 3.8) is 0 Å². The number of hydrogen-bond acceptors (Lipinski definition) is 3. The number of carbonyl (C=O) groups excluding carboxylic acids is 1. The lowest BCUT2D eigenvalue weighted by Crippen LogP contribution is -1.92. The average molecular weight is 296 g/mol. The molecule has 1 aromatic heterocycles. The van der Waals surface area contributed by atoms with Gasteiger partial charge < -0.3 is 0 Å². The number of thiazole rings is 1. The first kappa shape index (κ1) is 11.5. The van der Waals surface area contributed by atoms with Gasteiger partial charge in [-0.25, -0.2) is 4.98 Å². The summed E-state index contributed by atoms with van der Waals surface area (Å²) in [5.74, 6) is 0.169. The van der Waals surface area contributed by atoms with Crippen molar-refractivity contribution in [1.82, 2.24) is 4.98 Å². The summed E-state index contributed by atoms with van der Waals surface area (Å²) < 4.78 is 1.03. The molecule has 0 amide bonds. The standard InChI is InChI=1S/C12H10BrNOS/c1-8(15)6-9-7-14-12(16-9)10-4-2-3-5-11(10)13/h2-5,7H,6H2,1H3. The van der Waals surface area contributed by atoms with Gasteiger partial charge >= 0.3 is 0 Å². The van der Waals surface area contributed by atoms with Gasteiger partial charge in [-0.1, -0.05) is 34.1 Å². The second kappa shape index (κ2) is 4.89. The van der Waals surface area contributed by atoms with Crippen molar-refractivity contribution in [2.24, 2.45) is 0 Å².